The maximum atomic E-state index is 13.2. The molecule has 2 amide bonds. The molecule has 5 rings (SSSR count). The predicted molar refractivity (Wildman–Crippen MR) is 157 cm³/mol. The highest BCUT2D eigenvalue weighted by atomic mass is 79.9. The molecule has 0 bridgehead atoms. The molecule has 0 aliphatic carbocycles. The maximum Gasteiger partial charge on any atom is 0.293 e. The van der Waals surface area contributed by atoms with Crippen molar-refractivity contribution in [3.63, 3.8) is 0 Å². The molecule has 1 aliphatic heterocycles. The highest BCUT2D eigenvalue weighted by Gasteiger charge is 2.35. The van der Waals surface area contributed by atoms with Crippen molar-refractivity contribution in [2.24, 2.45) is 0 Å². The van der Waals surface area contributed by atoms with Crippen LogP contribution in [0.25, 0.3) is 17.0 Å². The van der Waals surface area contributed by atoms with Gasteiger partial charge in [-0.2, -0.15) is 0 Å². The molecule has 0 N–H and O–H groups in total. The molecular weight excluding hydrogens is 616 g/mol. The molecule has 0 spiro atoms. The maximum absolute atomic E-state index is 13.2. The van der Waals surface area contributed by atoms with E-state index in [1.165, 1.54) is 16.0 Å². The summed E-state index contributed by atoms with van der Waals surface area (Å²) in [5, 5.41) is 0.742. The van der Waals surface area contributed by atoms with E-state index < -0.39 is 0 Å². The average molecular weight is 640 g/mol. The van der Waals surface area contributed by atoms with Gasteiger partial charge in [-0.15, -0.1) is 0 Å². The van der Waals surface area contributed by atoms with Crippen LogP contribution in [0, 0.1) is 13.8 Å². The highest BCUT2D eigenvalue weighted by molar-refractivity contribution is 9.10. The second-order valence-corrected chi connectivity index (χ2v) is 11.8. The molecule has 3 aromatic carbocycles. The topological polar surface area (TPSA) is 51.5 Å². The average Bonchev–Trinajstić information content (AvgIpc) is 3.34. The van der Waals surface area contributed by atoms with Crippen LogP contribution in [0.4, 0.5) is 4.79 Å². The molecule has 2 heterocycles. The number of aromatic nitrogens is 1. The molecule has 0 unspecified atom stereocenters. The summed E-state index contributed by atoms with van der Waals surface area (Å²) in [6.45, 7) is 5.56. The van der Waals surface area contributed by atoms with E-state index in [0.717, 1.165) is 48.5 Å². The lowest BCUT2D eigenvalue weighted by Gasteiger charge is -2.12. The number of fused-ring (bicyclic) bond motifs is 1. The van der Waals surface area contributed by atoms with Gasteiger partial charge in [-0.05, 0) is 90.8 Å². The summed E-state index contributed by atoms with van der Waals surface area (Å²) in [7, 11) is 0. The smallest absolute Gasteiger partial charge is 0.293 e. The summed E-state index contributed by atoms with van der Waals surface area (Å²) >= 11 is 7.96. The molecule has 1 fully saturated rings. The number of halogens is 2. The molecule has 8 heteroatoms. The van der Waals surface area contributed by atoms with E-state index in [-0.39, 0.29) is 17.7 Å². The van der Waals surface area contributed by atoms with E-state index in [1.54, 1.807) is 0 Å². The first-order valence-electron chi connectivity index (χ1n) is 11.8. The number of carbonyl (C=O) groups excluding carboxylic acids is 2. The fourth-order valence-corrected chi connectivity index (χ4v) is 5.67. The largest absolute Gasteiger partial charge is 0.492 e. The Hall–Kier alpha value is -2.81. The molecule has 0 radical (unpaired) electrons. The summed E-state index contributed by atoms with van der Waals surface area (Å²) in [5.41, 5.74) is 5.25. The van der Waals surface area contributed by atoms with Gasteiger partial charge in [-0.25, -0.2) is 0 Å². The van der Waals surface area contributed by atoms with Crippen LogP contribution < -0.4 is 4.74 Å². The third-order valence-electron chi connectivity index (χ3n) is 6.37. The summed E-state index contributed by atoms with van der Waals surface area (Å²) in [6.07, 6.45) is 3.84. The van der Waals surface area contributed by atoms with Gasteiger partial charge in [0, 0.05) is 31.6 Å². The Morgan fingerprint density at radius 3 is 2.43 bits per heavy atom. The third kappa shape index (κ3) is 5.71. The Morgan fingerprint density at radius 2 is 1.68 bits per heavy atom. The number of thioether (sulfide) groups is 1. The van der Waals surface area contributed by atoms with Crippen molar-refractivity contribution < 1.29 is 14.3 Å². The van der Waals surface area contributed by atoms with E-state index in [0.29, 0.717) is 18.1 Å². The Morgan fingerprint density at radius 1 is 0.919 bits per heavy atom. The van der Waals surface area contributed by atoms with Crippen LogP contribution in [-0.2, 0) is 17.9 Å². The van der Waals surface area contributed by atoms with Crippen LogP contribution in [0.5, 0.6) is 5.75 Å². The van der Waals surface area contributed by atoms with Crippen LogP contribution >= 0.6 is 43.6 Å². The minimum atomic E-state index is -0.271. The Balaban J connectivity index is 1.37. The highest BCUT2D eigenvalue weighted by Crippen LogP contribution is 2.35. The first kappa shape index (κ1) is 25.8. The summed E-state index contributed by atoms with van der Waals surface area (Å²) in [6, 6.07) is 19.8. The van der Waals surface area contributed by atoms with E-state index in [4.69, 9.17) is 4.74 Å². The lowest BCUT2D eigenvalue weighted by Crippen LogP contribution is -2.27. The van der Waals surface area contributed by atoms with Crippen LogP contribution in [0.1, 0.15) is 22.3 Å². The van der Waals surface area contributed by atoms with Gasteiger partial charge in [0.1, 0.15) is 12.4 Å². The second-order valence-electron chi connectivity index (χ2n) is 8.93. The summed E-state index contributed by atoms with van der Waals surface area (Å²) < 4.78 is 10.0. The quantitative estimate of drug-likeness (QED) is 0.192. The van der Waals surface area contributed by atoms with Gasteiger partial charge in [0.2, 0.25) is 0 Å². The number of hydrogen-bond acceptors (Lipinski definition) is 4. The van der Waals surface area contributed by atoms with Crippen molar-refractivity contribution in [1.82, 2.24) is 9.47 Å². The number of hydrogen-bond donors (Lipinski definition) is 0. The number of nitrogens with zero attached hydrogens (tertiary/aromatic N) is 2. The summed E-state index contributed by atoms with van der Waals surface area (Å²) in [5.74, 6) is 0.578. The monoisotopic (exact) mass is 638 g/mol. The Bertz CT molecular complexity index is 1540. The first-order valence-corrected chi connectivity index (χ1v) is 14.2. The SMILES string of the molecule is Cc1ccc(OCCn2cc(/C=C3\SC(=O)N(Cc4ccc(Br)cc4)C3=O)c3cc(Br)ccc32)cc1C. The normalized spacial score (nSPS) is 14.8. The minimum absolute atomic E-state index is 0.248. The van der Waals surface area contributed by atoms with Crippen LogP contribution in [-0.4, -0.2) is 27.2 Å². The predicted octanol–water partition coefficient (Wildman–Crippen LogP) is 8.10. The molecule has 0 saturated carbocycles. The Labute approximate surface area is 236 Å². The Kier molecular flexibility index (Phi) is 7.60. The molecule has 4 aromatic rings. The number of rotatable bonds is 7. The minimum Gasteiger partial charge on any atom is -0.492 e. The number of ether oxygens (including phenoxy) is 1. The van der Waals surface area contributed by atoms with E-state index >= 15 is 0 Å². The van der Waals surface area contributed by atoms with Crippen LogP contribution in [0.3, 0.4) is 0 Å². The van der Waals surface area contributed by atoms with Crippen molar-refractivity contribution in [2.45, 2.75) is 26.9 Å². The van der Waals surface area contributed by atoms with Crippen LogP contribution in [0.15, 0.2) is 80.7 Å². The third-order valence-corrected chi connectivity index (χ3v) is 8.30. The number of amides is 2. The van der Waals surface area contributed by atoms with Gasteiger partial charge in [0.25, 0.3) is 11.1 Å². The zero-order valence-corrected chi connectivity index (χ0v) is 24.3. The van der Waals surface area contributed by atoms with Crippen molar-refractivity contribution in [3.05, 3.63) is 103 Å². The molecule has 1 aliphatic rings. The van der Waals surface area contributed by atoms with Crippen molar-refractivity contribution in [1.29, 1.82) is 0 Å². The lowest BCUT2D eigenvalue weighted by molar-refractivity contribution is -0.123. The van der Waals surface area contributed by atoms with Gasteiger partial charge in [-0.3, -0.25) is 14.5 Å². The van der Waals surface area contributed by atoms with Gasteiger partial charge in [0.05, 0.1) is 18.0 Å². The van der Waals surface area contributed by atoms with E-state index in [9.17, 15) is 9.59 Å². The van der Waals surface area contributed by atoms with Gasteiger partial charge >= 0.3 is 0 Å². The van der Waals surface area contributed by atoms with E-state index in [1.807, 2.05) is 60.8 Å². The number of benzene rings is 3. The van der Waals surface area contributed by atoms with Crippen molar-refractivity contribution >= 4 is 71.7 Å². The zero-order valence-electron chi connectivity index (χ0n) is 20.3. The number of imide groups is 1. The van der Waals surface area contributed by atoms with E-state index in [2.05, 4.69) is 62.4 Å². The lowest BCUT2D eigenvalue weighted by atomic mass is 10.1. The molecule has 5 nitrogen and oxygen atoms in total. The molecule has 1 saturated heterocycles. The fourth-order valence-electron chi connectivity index (χ4n) is 4.21. The molecule has 0 atom stereocenters. The molecule has 1 aromatic heterocycles. The molecule has 188 valence electrons. The van der Waals surface area contributed by atoms with Gasteiger partial charge in [-0.1, -0.05) is 50.1 Å². The van der Waals surface area contributed by atoms with Gasteiger partial charge < -0.3 is 9.30 Å². The zero-order chi connectivity index (χ0) is 26.1. The fraction of sp³-hybridized carbons (Fsp3) is 0.172. The van der Waals surface area contributed by atoms with Crippen LogP contribution in [0.2, 0.25) is 0 Å². The van der Waals surface area contributed by atoms with Crippen molar-refractivity contribution in [2.75, 3.05) is 6.61 Å². The summed E-state index contributed by atoms with van der Waals surface area (Å²) in [4.78, 5) is 27.6. The second kappa shape index (κ2) is 10.9. The first-order chi connectivity index (χ1) is 17.8. The molecular formula is C29H24Br2N2O3S. The van der Waals surface area contributed by atoms with Crippen molar-refractivity contribution in [3.8, 4) is 5.75 Å². The van der Waals surface area contributed by atoms with Gasteiger partial charge in [0.15, 0.2) is 0 Å². The molecule has 37 heavy (non-hydrogen) atoms. The standard InChI is InChI=1S/C29H24Br2N2O3S/c1-18-3-9-24(13-19(18)2)36-12-11-32-17-21(25-15-23(31)8-10-26(25)32)14-27-28(34)33(29(35)37-27)16-20-4-6-22(30)7-5-20/h3-10,13-15,17H,11-12,16H2,1-2H3/b27-14-. The number of carbonyl (C=O) groups is 2. The number of aryl methyl sites for hydroxylation is 2.